The van der Waals surface area contributed by atoms with Crippen molar-refractivity contribution in [1.82, 2.24) is 9.38 Å². The third-order valence-corrected chi connectivity index (χ3v) is 1.45. The van der Waals surface area contributed by atoms with E-state index in [0.29, 0.717) is 0 Å². The van der Waals surface area contributed by atoms with Gasteiger partial charge in [0, 0.05) is 26.1 Å². The average molecular weight is 347 g/mol. The van der Waals surface area contributed by atoms with Crippen LogP contribution in [0.4, 0.5) is 0 Å². The number of aromatic nitrogens is 2. The molecule has 0 aliphatic heterocycles. The first-order chi connectivity index (χ1) is 5.86. The van der Waals surface area contributed by atoms with Crippen molar-refractivity contribution in [2.75, 3.05) is 0 Å². The van der Waals surface area contributed by atoms with Gasteiger partial charge in [0.2, 0.25) is 0 Å². The van der Waals surface area contributed by atoms with Crippen molar-refractivity contribution in [3.05, 3.63) is 36.3 Å². The summed E-state index contributed by atoms with van der Waals surface area (Å²) in [5.74, 6) is 0. The van der Waals surface area contributed by atoms with Crippen molar-refractivity contribution < 1.29 is 20.4 Å². The summed E-state index contributed by atoms with van der Waals surface area (Å²) < 4.78 is 1.88. The first-order valence-electron chi connectivity index (χ1n) is 4.18. The molecule has 0 bridgehead atoms. The van der Waals surface area contributed by atoms with Crippen molar-refractivity contribution in [3.8, 4) is 0 Å². The van der Waals surface area contributed by atoms with Gasteiger partial charge in [-0.1, -0.05) is 33.2 Å². The Morgan fingerprint density at radius 1 is 1.31 bits per heavy atom. The molecule has 13 heavy (non-hydrogen) atoms. The zero-order valence-electron chi connectivity index (χ0n) is 8.08. The minimum Gasteiger partial charge on any atom is -0.427 e. The molecule has 2 rings (SSSR count). The largest absolute Gasteiger partial charge is 0.427 e. The molecule has 0 saturated heterocycles. The number of fused-ring (bicyclic) bond motifs is 1. The third kappa shape index (κ3) is 2.95. The van der Waals surface area contributed by atoms with Crippen LogP contribution in [-0.4, -0.2) is 9.38 Å². The number of rotatable bonds is 0. The topological polar surface area (TPSA) is 17.3 Å². The molecule has 0 aliphatic rings. The summed E-state index contributed by atoms with van der Waals surface area (Å²) in [6.45, 7) is 6.01. The summed E-state index contributed by atoms with van der Waals surface area (Å²) in [6.07, 6.45) is 6.78. The summed E-state index contributed by atoms with van der Waals surface area (Å²) in [4.78, 5) is 4.09. The Morgan fingerprint density at radius 3 is 2.69 bits per heavy atom. The Bertz CT molecular complexity index is 354. The molecule has 2 aromatic rings. The van der Waals surface area contributed by atoms with E-state index in [0.717, 1.165) is 11.2 Å². The minimum atomic E-state index is 0. The van der Waals surface area contributed by atoms with Crippen molar-refractivity contribution >= 4 is 5.65 Å². The van der Waals surface area contributed by atoms with Gasteiger partial charge in [-0.05, 0) is 6.20 Å². The number of hydrogen-bond acceptors (Lipinski definition) is 1. The zero-order valence-corrected chi connectivity index (χ0v) is 10.8. The molecule has 0 unspecified atom stereocenters. The van der Waals surface area contributed by atoms with E-state index in [1.165, 1.54) is 0 Å². The maximum absolute atomic E-state index is 4.09. The monoisotopic (exact) mass is 348 g/mol. The van der Waals surface area contributed by atoms with Crippen molar-refractivity contribution in [3.63, 3.8) is 0 Å². The van der Waals surface area contributed by atoms with Gasteiger partial charge in [-0.25, -0.2) is 0 Å². The quantitative estimate of drug-likeness (QED) is 0.669. The van der Waals surface area contributed by atoms with Gasteiger partial charge in [-0.3, -0.25) is 4.98 Å². The summed E-state index contributed by atoms with van der Waals surface area (Å²) in [5.41, 5.74) is 2.08. The van der Waals surface area contributed by atoms with E-state index < -0.39 is 0 Å². The van der Waals surface area contributed by atoms with Crippen LogP contribution in [0.1, 0.15) is 19.4 Å². The van der Waals surface area contributed by atoms with E-state index in [1.54, 1.807) is 6.20 Å². The molecule has 0 amide bonds. The molecular formula is C10H13N2Re-. The van der Waals surface area contributed by atoms with Gasteiger partial charge < -0.3 is 4.40 Å². The van der Waals surface area contributed by atoms with Crippen LogP contribution >= 0.6 is 0 Å². The number of nitrogens with zero attached hydrogens (tertiary/aromatic N) is 2. The van der Waals surface area contributed by atoms with Gasteiger partial charge in [0.25, 0.3) is 0 Å². The first-order valence-corrected chi connectivity index (χ1v) is 4.18. The van der Waals surface area contributed by atoms with E-state index >= 15 is 0 Å². The number of aryl methyl sites for hydroxylation is 1. The minimum absolute atomic E-state index is 0. The summed E-state index contributed by atoms with van der Waals surface area (Å²) in [5, 5.41) is 0. The van der Waals surface area contributed by atoms with Crippen LogP contribution in [0, 0.1) is 13.1 Å². The van der Waals surface area contributed by atoms with Crippen LogP contribution in [0.15, 0.2) is 24.5 Å². The fraction of sp³-hybridized carbons (Fsp3) is 0.300. The standard InChI is InChI=1S/C8H7N2.C2H6.Re/c1-7-2-3-8-9-4-5-10(8)6-7;1-2;/h2-5H,1H3;1-2H3;/q-1;;. The maximum Gasteiger partial charge on any atom is 0.0441 e. The molecule has 0 N–H and O–H groups in total. The Hall–Kier alpha value is -0.648. The predicted molar refractivity (Wildman–Crippen MR) is 50.1 cm³/mol. The van der Waals surface area contributed by atoms with Crippen LogP contribution in [0.5, 0.6) is 0 Å². The first kappa shape index (κ1) is 12.4. The second kappa shape index (κ2) is 5.91. The molecule has 3 heteroatoms. The second-order valence-corrected chi connectivity index (χ2v) is 2.28. The average Bonchev–Trinajstić information content (AvgIpc) is 2.54. The Kier molecular flexibility index (Phi) is 5.61. The van der Waals surface area contributed by atoms with Gasteiger partial charge in [-0.2, -0.15) is 0 Å². The Morgan fingerprint density at radius 2 is 2.00 bits per heavy atom. The van der Waals surface area contributed by atoms with E-state index in [2.05, 4.69) is 11.2 Å². The molecular weight excluding hydrogens is 334 g/mol. The molecule has 0 fully saturated rings. The van der Waals surface area contributed by atoms with Crippen LogP contribution in [-0.2, 0) is 20.4 Å². The fourth-order valence-electron chi connectivity index (χ4n) is 0.960. The Balaban J connectivity index is 0.000000451. The molecule has 0 aromatic carbocycles. The van der Waals surface area contributed by atoms with Gasteiger partial charge in [0.15, 0.2) is 0 Å². The zero-order chi connectivity index (χ0) is 8.97. The molecule has 2 heterocycles. The van der Waals surface area contributed by atoms with E-state index in [9.17, 15) is 0 Å². The van der Waals surface area contributed by atoms with Crippen LogP contribution in [0.3, 0.4) is 0 Å². The van der Waals surface area contributed by atoms with Gasteiger partial charge in [0.05, 0.1) is 0 Å². The number of imidazole rings is 1. The maximum atomic E-state index is 4.09. The van der Waals surface area contributed by atoms with Crippen LogP contribution < -0.4 is 0 Å². The Labute approximate surface area is 92.6 Å². The molecule has 0 aliphatic carbocycles. The second-order valence-electron chi connectivity index (χ2n) is 2.28. The van der Waals surface area contributed by atoms with Crippen molar-refractivity contribution in [2.45, 2.75) is 20.8 Å². The van der Waals surface area contributed by atoms with E-state index in [4.69, 9.17) is 0 Å². The van der Waals surface area contributed by atoms with Crippen LogP contribution in [0.2, 0.25) is 0 Å². The van der Waals surface area contributed by atoms with Gasteiger partial charge >= 0.3 is 0 Å². The number of pyridine rings is 1. The smallest absolute Gasteiger partial charge is 0.0441 e. The van der Waals surface area contributed by atoms with Crippen LogP contribution in [0.25, 0.3) is 5.65 Å². The van der Waals surface area contributed by atoms with E-state index in [-0.39, 0.29) is 20.4 Å². The summed E-state index contributed by atoms with van der Waals surface area (Å²) in [7, 11) is 0. The van der Waals surface area contributed by atoms with Gasteiger partial charge in [0.1, 0.15) is 0 Å². The van der Waals surface area contributed by atoms with E-state index in [1.807, 2.05) is 43.5 Å². The molecule has 0 saturated carbocycles. The molecule has 2 aromatic heterocycles. The SMILES string of the molecule is CC.Cc1[c-]n2ccnc2cc1.[Re]. The normalized spacial score (nSPS) is 8.54. The number of hydrogen-bond donors (Lipinski definition) is 0. The molecule has 0 spiro atoms. The molecule has 2 nitrogen and oxygen atoms in total. The van der Waals surface area contributed by atoms with Crippen molar-refractivity contribution in [2.24, 2.45) is 0 Å². The molecule has 1 radical (unpaired) electrons. The summed E-state index contributed by atoms with van der Waals surface area (Å²) in [6, 6.07) is 3.98. The third-order valence-electron chi connectivity index (χ3n) is 1.45. The molecule has 71 valence electrons. The summed E-state index contributed by atoms with van der Waals surface area (Å²) >= 11 is 0. The van der Waals surface area contributed by atoms with Gasteiger partial charge in [-0.15, -0.1) is 17.7 Å². The fourth-order valence-corrected chi connectivity index (χ4v) is 0.960. The molecule has 0 atom stereocenters. The van der Waals surface area contributed by atoms with Crippen molar-refractivity contribution in [1.29, 1.82) is 0 Å². The predicted octanol–water partition coefficient (Wildman–Crippen LogP) is 2.47.